The molecule has 0 heterocycles. The fraction of sp³-hybridized carbons (Fsp3) is 0.143. The lowest BCUT2D eigenvalue weighted by atomic mass is 10.1. The van der Waals surface area contributed by atoms with Gasteiger partial charge in [-0.05, 0) is 65.4 Å². The predicted octanol–water partition coefficient (Wildman–Crippen LogP) is 4.82. The standard InChI is InChI=1S/C14H13ClINO/c1-9(10-2-5-12(18)6-3-10)17-14-8-11(16)4-7-13(14)15/h2-9,17-18H,1H3. The molecule has 0 saturated heterocycles. The zero-order valence-corrected chi connectivity index (χ0v) is 12.7. The van der Waals surface area contributed by atoms with Crippen molar-refractivity contribution in [3.63, 3.8) is 0 Å². The maximum Gasteiger partial charge on any atom is 0.115 e. The van der Waals surface area contributed by atoms with Crippen molar-refractivity contribution in [2.75, 3.05) is 5.32 Å². The second kappa shape index (κ2) is 5.80. The minimum absolute atomic E-state index is 0.126. The third-order valence-corrected chi connectivity index (χ3v) is 3.69. The molecule has 1 atom stereocenters. The van der Waals surface area contributed by atoms with Gasteiger partial charge in [0.05, 0.1) is 10.7 Å². The highest BCUT2D eigenvalue weighted by Gasteiger charge is 2.08. The van der Waals surface area contributed by atoms with Crippen molar-refractivity contribution >= 4 is 39.9 Å². The Hall–Kier alpha value is -0.940. The number of anilines is 1. The first-order valence-electron chi connectivity index (χ1n) is 5.57. The topological polar surface area (TPSA) is 32.3 Å². The first-order valence-corrected chi connectivity index (χ1v) is 7.02. The summed E-state index contributed by atoms with van der Waals surface area (Å²) in [6, 6.07) is 13.2. The van der Waals surface area contributed by atoms with Gasteiger partial charge in [-0.2, -0.15) is 0 Å². The Labute approximate surface area is 125 Å². The fourth-order valence-corrected chi connectivity index (χ4v) is 2.35. The normalized spacial score (nSPS) is 12.2. The van der Waals surface area contributed by atoms with Crippen molar-refractivity contribution in [2.24, 2.45) is 0 Å². The number of phenolic OH excluding ortho intramolecular Hbond substituents is 1. The van der Waals surface area contributed by atoms with Crippen LogP contribution in [-0.4, -0.2) is 5.11 Å². The van der Waals surface area contributed by atoms with Gasteiger partial charge in [0.2, 0.25) is 0 Å². The van der Waals surface area contributed by atoms with Crippen molar-refractivity contribution in [3.8, 4) is 5.75 Å². The summed E-state index contributed by atoms with van der Waals surface area (Å²) in [4.78, 5) is 0. The quantitative estimate of drug-likeness (QED) is 0.756. The van der Waals surface area contributed by atoms with Crippen molar-refractivity contribution in [2.45, 2.75) is 13.0 Å². The van der Waals surface area contributed by atoms with Crippen LogP contribution in [0.4, 0.5) is 5.69 Å². The van der Waals surface area contributed by atoms with Crippen molar-refractivity contribution in [1.82, 2.24) is 0 Å². The van der Waals surface area contributed by atoms with Crippen LogP contribution in [0.1, 0.15) is 18.5 Å². The molecule has 0 aromatic heterocycles. The summed E-state index contributed by atoms with van der Waals surface area (Å²) in [5, 5.41) is 13.3. The molecule has 1 unspecified atom stereocenters. The van der Waals surface area contributed by atoms with Crippen molar-refractivity contribution < 1.29 is 5.11 Å². The summed E-state index contributed by atoms with van der Waals surface area (Å²) in [6.45, 7) is 2.06. The average molecular weight is 374 g/mol. The molecule has 94 valence electrons. The highest BCUT2D eigenvalue weighted by molar-refractivity contribution is 14.1. The third-order valence-electron chi connectivity index (χ3n) is 2.69. The minimum atomic E-state index is 0.126. The van der Waals surface area contributed by atoms with Crippen LogP contribution in [-0.2, 0) is 0 Å². The number of halogens is 2. The molecule has 2 aromatic rings. The lowest BCUT2D eigenvalue weighted by molar-refractivity contribution is 0.475. The molecule has 0 amide bonds. The summed E-state index contributed by atoms with van der Waals surface area (Å²) in [6.07, 6.45) is 0. The second-order valence-corrected chi connectivity index (χ2v) is 5.73. The Morgan fingerprint density at radius 2 is 1.83 bits per heavy atom. The Morgan fingerprint density at radius 1 is 1.17 bits per heavy atom. The van der Waals surface area contributed by atoms with E-state index in [1.165, 1.54) is 0 Å². The van der Waals surface area contributed by atoms with Gasteiger partial charge in [0.15, 0.2) is 0 Å². The van der Waals surface area contributed by atoms with E-state index in [-0.39, 0.29) is 11.8 Å². The van der Waals surface area contributed by atoms with Gasteiger partial charge < -0.3 is 10.4 Å². The molecule has 2 nitrogen and oxygen atoms in total. The van der Waals surface area contributed by atoms with Gasteiger partial charge in [-0.1, -0.05) is 23.7 Å². The van der Waals surface area contributed by atoms with E-state index in [0.29, 0.717) is 5.02 Å². The molecule has 0 aliphatic heterocycles. The minimum Gasteiger partial charge on any atom is -0.508 e. The number of benzene rings is 2. The smallest absolute Gasteiger partial charge is 0.115 e. The number of phenols is 1. The van der Waals surface area contributed by atoms with Gasteiger partial charge in [-0.3, -0.25) is 0 Å². The Morgan fingerprint density at radius 3 is 2.50 bits per heavy atom. The SMILES string of the molecule is CC(Nc1cc(I)ccc1Cl)c1ccc(O)cc1. The largest absolute Gasteiger partial charge is 0.508 e. The first kappa shape index (κ1) is 13.5. The van der Waals surface area contributed by atoms with E-state index in [1.54, 1.807) is 12.1 Å². The molecule has 2 aromatic carbocycles. The monoisotopic (exact) mass is 373 g/mol. The molecule has 18 heavy (non-hydrogen) atoms. The van der Waals surface area contributed by atoms with E-state index in [4.69, 9.17) is 11.6 Å². The van der Waals surface area contributed by atoms with Gasteiger partial charge in [-0.15, -0.1) is 0 Å². The highest BCUT2D eigenvalue weighted by Crippen LogP contribution is 2.28. The van der Waals surface area contributed by atoms with Crippen molar-refractivity contribution in [1.29, 1.82) is 0 Å². The van der Waals surface area contributed by atoms with E-state index in [0.717, 1.165) is 14.8 Å². The van der Waals surface area contributed by atoms with E-state index in [2.05, 4.69) is 34.8 Å². The molecule has 4 heteroatoms. The molecule has 0 saturated carbocycles. The third kappa shape index (κ3) is 3.29. The lowest BCUT2D eigenvalue weighted by Crippen LogP contribution is -2.06. The molecule has 2 N–H and O–H groups in total. The number of hydrogen-bond acceptors (Lipinski definition) is 2. The molecular weight excluding hydrogens is 361 g/mol. The molecule has 0 radical (unpaired) electrons. The summed E-state index contributed by atoms with van der Waals surface area (Å²) in [7, 11) is 0. The summed E-state index contributed by atoms with van der Waals surface area (Å²) in [5.74, 6) is 0.276. The first-order chi connectivity index (χ1) is 8.56. The zero-order valence-electron chi connectivity index (χ0n) is 9.82. The number of aromatic hydroxyl groups is 1. The predicted molar refractivity (Wildman–Crippen MR) is 84.3 cm³/mol. The van der Waals surface area contributed by atoms with Gasteiger partial charge in [0.25, 0.3) is 0 Å². The fourth-order valence-electron chi connectivity index (χ4n) is 1.69. The van der Waals surface area contributed by atoms with E-state index in [1.807, 2.05) is 30.3 Å². The average Bonchev–Trinajstić information content (AvgIpc) is 2.34. The second-order valence-electron chi connectivity index (χ2n) is 4.08. The van der Waals surface area contributed by atoms with Crippen LogP contribution < -0.4 is 5.32 Å². The molecule has 0 aliphatic rings. The number of hydrogen-bond donors (Lipinski definition) is 2. The Kier molecular flexibility index (Phi) is 4.35. The highest BCUT2D eigenvalue weighted by atomic mass is 127. The molecule has 0 fully saturated rings. The molecule has 0 bridgehead atoms. The Balaban J connectivity index is 2.18. The maximum absolute atomic E-state index is 9.27. The lowest BCUT2D eigenvalue weighted by Gasteiger charge is -2.17. The number of nitrogens with one attached hydrogen (secondary N) is 1. The van der Waals surface area contributed by atoms with Crippen LogP contribution in [0.25, 0.3) is 0 Å². The van der Waals surface area contributed by atoms with Crippen LogP contribution >= 0.6 is 34.2 Å². The van der Waals surface area contributed by atoms with Crippen LogP contribution in [0.15, 0.2) is 42.5 Å². The van der Waals surface area contributed by atoms with Gasteiger partial charge >= 0.3 is 0 Å². The Bertz CT molecular complexity index is 542. The molecule has 0 aliphatic carbocycles. The van der Waals surface area contributed by atoms with Crippen LogP contribution in [0.2, 0.25) is 5.02 Å². The zero-order chi connectivity index (χ0) is 13.1. The van der Waals surface area contributed by atoms with Crippen LogP contribution in [0, 0.1) is 3.57 Å². The van der Waals surface area contributed by atoms with Gasteiger partial charge in [0, 0.05) is 9.61 Å². The molecular formula is C14H13ClINO. The van der Waals surface area contributed by atoms with Gasteiger partial charge in [-0.25, -0.2) is 0 Å². The maximum atomic E-state index is 9.27. The summed E-state index contributed by atoms with van der Waals surface area (Å²) < 4.78 is 1.14. The van der Waals surface area contributed by atoms with E-state index < -0.39 is 0 Å². The van der Waals surface area contributed by atoms with Crippen molar-refractivity contribution in [3.05, 3.63) is 56.6 Å². The summed E-state index contributed by atoms with van der Waals surface area (Å²) >= 11 is 8.40. The van der Waals surface area contributed by atoms with E-state index in [9.17, 15) is 5.11 Å². The summed E-state index contributed by atoms with van der Waals surface area (Å²) in [5.41, 5.74) is 2.02. The van der Waals surface area contributed by atoms with Crippen LogP contribution in [0.5, 0.6) is 5.75 Å². The molecule has 2 rings (SSSR count). The van der Waals surface area contributed by atoms with Crippen LogP contribution in [0.3, 0.4) is 0 Å². The van der Waals surface area contributed by atoms with E-state index >= 15 is 0 Å². The van der Waals surface area contributed by atoms with Gasteiger partial charge in [0.1, 0.15) is 5.75 Å². The molecule has 0 spiro atoms. The number of rotatable bonds is 3.